The first-order valence-corrected chi connectivity index (χ1v) is 5.02. The number of nitrogens with two attached hydrogens (primary N) is 1. The lowest BCUT2D eigenvalue weighted by Gasteiger charge is -2.28. The number of amides is 1. The molecule has 16 heavy (non-hydrogen) atoms. The maximum atomic E-state index is 12.0. The Balaban J connectivity index is 0.00000225. The molecular weight excluding hydrogens is 224 g/mol. The Kier molecular flexibility index (Phi) is 5.48. The molecule has 0 saturated heterocycles. The van der Waals surface area contributed by atoms with Gasteiger partial charge in [0.05, 0.1) is 5.41 Å². The molecule has 0 saturated carbocycles. The van der Waals surface area contributed by atoms with Crippen LogP contribution in [0.5, 0.6) is 0 Å². The summed E-state index contributed by atoms with van der Waals surface area (Å²) in [7, 11) is 1.77. The summed E-state index contributed by atoms with van der Waals surface area (Å²) in [5.41, 5.74) is 5.96. The van der Waals surface area contributed by atoms with E-state index in [9.17, 15) is 4.79 Å². The van der Waals surface area contributed by atoms with Crippen LogP contribution in [0.3, 0.4) is 0 Å². The topological polar surface area (TPSA) is 46.3 Å². The van der Waals surface area contributed by atoms with Crippen molar-refractivity contribution in [3.8, 4) is 0 Å². The van der Waals surface area contributed by atoms with Gasteiger partial charge in [-0.3, -0.25) is 4.79 Å². The Morgan fingerprint density at radius 2 is 1.81 bits per heavy atom. The molecule has 0 aliphatic heterocycles. The molecule has 0 aliphatic carbocycles. The SMILES string of the molecule is CN(C(=O)C(C)(C)CN)c1ccccc1.Cl. The highest BCUT2D eigenvalue weighted by molar-refractivity contribution is 5.96. The Morgan fingerprint density at radius 1 is 1.31 bits per heavy atom. The summed E-state index contributed by atoms with van der Waals surface area (Å²) in [4.78, 5) is 13.7. The van der Waals surface area contributed by atoms with E-state index in [4.69, 9.17) is 5.73 Å². The van der Waals surface area contributed by atoms with Gasteiger partial charge in [0.15, 0.2) is 0 Å². The summed E-state index contributed by atoms with van der Waals surface area (Å²) in [6.07, 6.45) is 0. The van der Waals surface area contributed by atoms with Crippen LogP contribution >= 0.6 is 12.4 Å². The molecule has 0 atom stereocenters. The molecule has 4 heteroatoms. The maximum Gasteiger partial charge on any atom is 0.233 e. The van der Waals surface area contributed by atoms with Gasteiger partial charge in [0.2, 0.25) is 5.91 Å². The number of rotatable bonds is 3. The van der Waals surface area contributed by atoms with Crippen LogP contribution in [0.1, 0.15) is 13.8 Å². The molecule has 1 amide bonds. The minimum absolute atomic E-state index is 0. The largest absolute Gasteiger partial charge is 0.329 e. The predicted molar refractivity (Wildman–Crippen MR) is 69.9 cm³/mol. The van der Waals surface area contributed by atoms with Gasteiger partial charge in [0.25, 0.3) is 0 Å². The van der Waals surface area contributed by atoms with Crippen molar-refractivity contribution in [1.29, 1.82) is 0 Å². The predicted octanol–water partition coefficient (Wildman–Crippen LogP) is 2.06. The number of carbonyl (C=O) groups excluding carboxylic acids is 1. The summed E-state index contributed by atoms with van der Waals surface area (Å²) in [5, 5.41) is 0. The number of nitrogens with zero attached hydrogens (tertiary/aromatic N) is 1. The van der Waals surface area contributed by atoms with Gasteiger partial charge < -0.3 is 10.6 Å². The number of halogens is 1. The Bertz CT molecular complexity index is 338. The van der Waals surface area contributed by atoms with Gasteiger partial charge in [0.1, 0.15) is 0 Å². The Hall–Kier alpha value is -1.06. The third-order valence-corrected chi connectivity index (χ3v) is 2.54. The molecular formula is C12H19ClN2O. The van der Waals surface area contributed by atoms with Gasteiger partial charge in [-0.2, -0.15) is 0 Å². The van der Waals surface area contributed by atoms with Crippen molar-refractivity contribution in [1.82, 2.24) is 0 Å². The minimum Gasteiger partial charge on any atom is -0.329 e. The molecule has 0 aliphatic rings. The normalized spacial score (nSPS) is 10.5. The summed E-state index contributed by atoms with van der Waals surface area (Å²) in [6.45, 7) is 4.06. The third kappa shape index (κ3) is 3.22. The highest BCUT2D eigenvalue weighted by Crippen LogP contribution is 2.21. The van der Waals surface area contributed by atoms with Crippen LogP contribution < -0.4 is 10.6 Å². The van der Waals surface area contributed by atoms with Crippen LogP contribution in [0.4, 0.5) is 5.69 Å². The fourth-order valence-corrected chi connectivity index (χ4v) is 1.31. The number of carbonyl (C=O) groups is 1. The highest BCUT2D eigenvalue weighted by atomic mass is 35.5. The molecule has 90 valence electrons. The molecule has 0 radical (unpaired) electrons. The minimum atomic E-state index is -0.509. The monoisotopic (exact) mass is 242 g/mol. The molecule has 0 bridgehead atoms. The average Bonchev–Trinajstić information content (AvgIpc) is 2.28. The zero-order valence-corrected chi connectivity index (χ0v) is 10.8. The van der Waals surface area contributed by atoms with Gasteiger partial charge in [0, 0.05) is 19.3 Å². The smallest absolute Gasteiger partial charge is 0.233 e. The summed E-state index contributed by atoms with van der Waals surface area (Å²) in [6, 6.07) is 9.56. The van der Waals surface area contributed by atoms with Crippen LogP contribution in [0.2, 0.25) is 0 Å². The summed E-state index contributed by atoms with van der Waals surface area (Å²) in [5.74, 6) is 0.0381. The van der Waals surface area contributed by atoms with E-state index in [-0.39, 0.29) is 18.3 Å². The highest BCUT2D eigenvalue weighted by Gasteiger charge is 2.29. The number of benzene rings is 1. The van der Waals surface area contributed by atoms with E-state index in [1.807, 2.05) is 44.2 Å². The van der Waals surface area contributed by atoms with Crippen LogP contribution in [0, 0.1) is 5.41 Å². The standard InChI is InChI=1S/C12H18N2O.ClH/c1-12(2,9-13)11(15)14(3)10-7-5-4-6-8-10;/h4-8H,9,13H2,1-3H3;1H. The van der Waals surface area contributed by atoms with E-state index in [1.165, 1.54) is 0 Å². The molecule has 1 aromatic carbocycles. The lowest BCUT2D eigenvalue weighted by atomic mass is 9.92. The summed E-state index contributed by atoms with van der Waals surface area (Å²) < 4.78 is 0. The Labute approximate surface area is 103 Å². The molecule has 1 aromatic rings. The van der Waals surface area contributed by atoms with Crippen molar-refractivity contribution in [3.05, 3.63) is 30.3 Å². The van der Waals surface area contributed by atoms with E-state index < -0.39 is 5.41 Å². The van der Waals surface area contributed by atoms with Crippen molar-refractivity contribution in [3.63, 3.8) is 0 Å². The lowest BCUT2D eigenvalue weighted by Crippen LogP contribution is -2.42. The summed E-state index contributed by atoms with van der Waals surface area (Å²) >= 11 is 0. The van der Waals surface area contributed by atoms with Crippen molar-refractivity contribution in [2.75, 3.05) is 18.5 Å². The van der Waals surface area contributed by atoms with Crippen molar-refractivity contribution >= 4 is 24.0 Å². The van der Waals surface area contributed by atoms with Crippen molar-refractivity contribution < 1.29 is 4.79 Å². The van der Waals surface area contributed by atoms with Crippen LogP contribution in [0.15, 0.2) is 30.3 Å². The lowest BCUT2D eigenvalue weighted by molar-refractivity contribution is -0.125. The molecule has 0 spiro atoms. The van der Waals surface area contributed by atoms with E-state index in [0.717, 1.165) is 5.69 Å². The van der Waals surface area contributed by atoms with Crippen LogP contribution in [0.25, 0.3) is 0 Å². The second-order valence-corrected chi connectivity index (χ2v) is 4.29. The second-order valence-electron chi connectivity index (χ2n) is 4.29. The molecule has 0 unspecified atom stereocenters. The zero-order chi connectivity index (χ0) is 11.5. The molecule has 0 fully saturated rings. The zero-order valence-electron chi connectivity index (χ0n) is 9.93. The average molecular weight is 243 g/mol. The van der Waals surface area contributed by atoms with Crippen molar-refractivity contribution in [2.24, 2.45) is 11.1 Å². The second kappa shape index (κ2) is 5.87. The fourth-order valence-electron chi connectivity index (χ4n) is 1.31. The molecule has 0 aromatic heterocycles. The first-order valence-electron chi connectivity index (χ1n) is 5.02. The maximum absolute atomic E-state index is 12.0. The molecule has 1 rings (SSSR count). The number of hydrogen-bond donors (Lipinski definition) is 1. The fraction of sp³-hybridized carbons (Fsp3) is 0.417. The van der Waals surface area contributed by atoms with Crippen molar-refractivity contribution in [2.45, 2.75) is 13.8 Å². The van der Waals surface area contributed by atoms with E-state index >= 15 is 0 Å². The van der Waals surface area contributed by atoms with Gasteiger partial charge in [-0.25, -0.2) is 0 Å². The van der Waals surface area contributed by atoms with Gasteiger partial charge in [-0.05, 0) is 26.0 Å². The van der Waals surface area contributed by atoms with Gasteiger partial charge in [-0.15, -0.1) is 12.4 Å². The first kappa shape index (κ1) is 14.9. The number of para-hydroxylation sites is 1. The molecule has 0 heterocycles. The van der Waals surface area contributed by atoms with Crippen LogP contribution in [-0.2, 0) is 4.79 Å². The Morgan fingerprint density at radius 3 is 2.25 bits per heavy atom. The first-order chi connectivity index (χ1) is 6.99. The van der Waals surface area contributed by atoms with E-state index in [0.29, 0.717) is 6.54 Å². The molecule has 3 nitrogen and oxygen atoms in total. The van der Waals surface area contributed by atoms with Gasteiger partial charge >= 0.3 is 0 Å². The number of hydrogen-bond acceptors (Lipinski definition) is 2. The third-order valence-electron chi connectivity index (χ3n) is 2.54. The molecule has 2 N–H and O–H groups in total. The quantitative estimate of drug-likeness (QED) is 0.882. The van der Waals surface area contributed by atoms with Gasteiger partial charge in [-0.1, -0.05) is 18.2 Å². The number of anilines is 1. The van der Waals surface area contributed by atoms with E-state index in [2.05, 4.69) is 0 Å². The van der Waals surface area contributed by atoms with Crippen LogP contribution in [-0.4, -0.2) is 19.5 Å². The van der Waals surface area contributed by atoms with E-state index in [1.54, 1.807) is 11.9 Å².